The Labute approximate surface area is 130 Å². The van der Waals surface area contributed by atoms with Crippen molar-refractivity contribution in [3.63, 3.8) is 0 Å². The second-order valence-electron chi connectivity index (χ2n) is 4.67. The molecule has 0 fully saturated rings. The average Bonchev–Trinajstić information content (AvgIpc) is 2.51. The minimum atomic E-state index is 0.448. The molecule has 0 bridgehead atoms. The lowest BCUT2D eigenvalue weighted by molar-refractivity contribution is 0.128. The first-order valence-corrected chi connectivity index (χ1v) is 8.01. The van der Waals surface area contributed by atoms with Crippen molar-refractivity contribution in [3.8, 4) is 0 Å². The zero-order chi connectivity index (χ0) is 15.1. The maximum Gasteiger partial charge on any atom is 0.157 e. The Balaban J connectivity index is 2.07. The summed E-state index contributed by atoms with van der Waals surface area (Å²) in [6.45, 7) is 5.19. The molecule has 0 spiro atoms. The Hall–Kier alpha value is -1.59. The van der Waals surface area contributed by atoms with Crippen molar-refractivity contribution in [2.45, 2.75) is 31.2 Å². The smallest absolute Gasteiger partial charge is 0.157 e. The number of anilines is 1. The molecule has 0 amide bonds. The molecule has 4 nitrogen and oxygen atoms in total. The lowest BCUT2D eigenvalue weighted by atomic mass is 10.2. The van der Waals surface area contributed by atoms with Gasteiger partial charge in [0.15, 0.2) is 5.82 Å². The summed E-state index contributed by atoms with van der Waals surface area (Å²) < 4.78 is 5.39. The predicted molar refractivity (Wildman–Crippen MR) is 87.6 cm³/mol. The van der Waals surface area contributed by atoms with Gasteiger partial charge in [-0.05, 0) is 19.4 Å². The maximum absolute atomic E-state index is 5.39. The normalized spacial score (nSPS) is 10.6. The Morgan fingerprint density at radius 1 is 1.24 bits per heavy atom. The highest BCUT2D eigenvalue weighted by Crippen LogP contribution is 2.23. The standard InChI is InChI=1S/C16H21N3OS/c1-4-20-10-15-18-14(17-3)9-16(19-15)21-11-13-7-5-6-12(2)8-13/h5-9H,4,10-11H2,1-3H3,(H,17,18,19). The van der Waals surface area contributed by atoms with Gasteiger partial charge in [-0.1, -0.05) is 29.8 Å². The van der Waals surface area contributed by atoms with Gasteiger partial charge in [0, 0.05) is 25.5 Å². The summed E-state index contributed by atoms with van der Waals surface area (Å²) in [4.78, 5) is 8.94. The van der Waals surface area contributed by atoms with Gasteiger partial charge in [0.05, 0.1) is 0 Å². The zero-order valence-electron chi connectivity index (χ0n) is 12.7. The van der Waals surface area contributed by atoms with Crippen LogP contribution in [-0.4, -0.2) is 23.6 Å². The third kappa shape index (κ3) is 5.02. The van der Waals surface area contributed by atoms with E-state index >= 15 is 0 Å². The maximum atomic E-state index is 5.39. The first-order valence-electron chi connectivity index (χ1n) is 7.03. The Morgan fingerprint density at radius 3 is 2.81 bits per heavy atom. The zero-order valence-corrected chi connectivity index (χ0v) is 13.5. The summed E-state index contributed by atoms with van der Waals surface area (Å²) >= 11 is 1.71. The molecule has 0 aliphatic rings. The van der Waals surface area contributed by atoms with E-state index in [1.54, 1.807) is 11.8 Å². The summed E-state index contributed by atoms with van der Waals surface area (Å²) in [6, 6.07) is 10.5. The number of aromatic nitrogens is 2. The van der Waals surface area contributed by atoms with Crippen LogP contribution in [0.1, 0.15) is 23.9 Å². The van der Waals surface area contributed by atoms with E-state index in [9.17, 15) is 0 Å². The van der Waals surface area contributed by atoms with E-state index in [4.69, 9.17) is 4.74 Å². The lowest BCUT2D eigenvalue weighted by Gasteiger charge is -2.08. The molecular weight excluding hydrogens is 282 g/mol. The van der Waals surface area contributed by atoms with Crippen molar-refractivity contribution >= 4 is 17.6 Å². The van der Waals surface area contributed by atoms with E-state index in [-0.39, 0.29) is 0 Å². The molecule has 1 heterocycles. The first-order chi connectivity index (χ1) is 10.2. The van der Waals surface area contributed by atoms with Crippen molar-refractivity contribution in [2.24, 2.45) is 0 Å². The summed E-state index contributed by atoms with van der Waals surface area (Å²) in [5, 5.41) is 4.03. The van der Waals surface area contributed by atoms with Crippen molar-refractivity contribution in [2.75, 3.05) is 19.0 Å². The van der Waals surface area contributed by atoms with Crippen molar-refractivity contribution in [3.05, 3.63) is 47.3 Å². The van der Waals surface area contributed by atoms with Crippen molar-refractivity contribution in [1.29, 1.82) is 0 Å². The number of ether oxygens (including phenoxy) is 1. The number of aryl methyl sites for hydroxylation is 1. The molecule has 0 unspecified atom stereocenters. The Kier molecular flexibility index (Phi) is 6.02. The van der Waals surface area contributed by atoms with Crippen LogP contribution in [0.15, 0.2) is 35.4 Å². The van der Waals surface area contributed by atoms with Crippen LogP contribution in [0.3, 0.4) is 0 Å². The molecule has 21 heavy (non-hydrogen) atoms. The fourth-order valence-corrected chi connectivity index (χ4v) is 2.75. The minimum absolute atomic E-state index is 0.448. The van der Waals surface area contributed by atoms with Gasteiger partial charge in [-0.15, -0.1) is 11.8 Å². The SMILES string of the molecule is CCOCc1nc(NC)cc(SCc2cccc(C)c2)n1. The van der Waals surface area contributed by atoms with Crippen LogP contribution in [0, 0.1) is 6.92 Å². The monoisotopic (exact) mass is 303 g/mol. The van der Waals surface area contributed by atoms with Crippen LogP contribution in [0.2, 0.25) is 0 Å². The quantitative estimate of drug-likeness (QED) is 0.625. The van der Waals surface area contributed by atoms with Gasteiger partial charge in [-0.3, -0.25) is 0 Å². The van der Waals surface area contributed by atoms with Crippen LogP contribution < -0.4 is 5.32 Å². The number of hydrogen-bond acceptors (Lipinski definition) is 5. The molecule has 1 aromatic heterocycles. The first kappa shape index (κ1) is 15.8. The van der Waals surface area contributed by atoms with E-state index in [1.165, 1.54) is 11.1 Å². The van der Waals surface area contributed by atoms with Crippen molar-refractivity contribution in [1.82, 2.24) is 9.97 Å². The second-order valence-corrected chi connectivity index (χ2v) is 5.67. The van der Waals surface area contributed by atoms with Crippen LogP contribution >= 0.6 is 11.8 Å². The number of hydrogen-bond donors (Lipinski definition) is 1. The number of nitrogens with one attached hydrogen (secondary N) is 1. The number of rotatable bonds is 7. The van der Waals surface area contributed by atoms with E-state index in [1.807, 2.05) is 20.0 Å². The van der Waals surface area contributed by atoms with Crippen molar-refractivity contribution < 1.29 is 4.74 Å². The summed E-state index contributed by atoms with van der Waals surface area (Å²) in [6.07, 6.45) is 0. The highest BCUT2D eigenvalue weighted by Gasteiger charge is 2.05. The molecule has 0 aliphatic heterocycles. The highest BCUT2D eigenvalue weighted by atomic mass is 32.2. The van der Waals surface area contributed by atoms with Crippen LogP contribution in [0.25, 0.3) is 0 Å². The highest BCUT2D eigenvalue weighted by molar-refractivity contribution is 7.98. The fraction of sp³-hybridized carbons (Fsp3) is 0.375. The van der Waals surface area contributed by atoms with Gasteiger partial charge in [-0.25, -0.2) is 9.97 Å². The summed E-state index contributed by atoms with van der Waals surface area (Å²) in [5.74, 6) is 2.44. The summed E-state index contributed by atoms with van der Waals surface area (Å²) in [7, 11) is 1.86. The molecule has 5 heteroatoms. The van der Waals surface area contributed by atoms with E-state index in [0.717, 1.165) is 22.4 Å². The molecule has 1 aromatic carbocycles. The molecular formula is C16H21N3OS. The minimum Gasteiger partial charge on any atom is -0.374 e. The van der Waals surface area contributed by atoms with Gasteiger partial charge >= 0.3 is 0 Å². The number of nitrogens with zero attached hydrogens (tertiary/aromatic N) is 2. The molecule has 112 valence electrons. The van der Waals surface area contributed by atoms with E-state index in [2.05, 4.69) is 46.5 Å². The molecule has 2 rings (SSSR count). The van der Waals surface area contributed by atoms with E-state index < -0.39 is 0 Å². The third-order valence-corrected chi connectivity index (χ3v) is 3.89. The fourth-order valence-electron chi connectivity index (χ4n) is 1.89. The van der Waals surface area contributed by atoms with Gasteiger partial charge < -0.3 is 10.1 Å². The molecule has 0 saturated heterocycles. The molecule has 0 radical (unpaired) electrons. The van der Waals surface area contributed by atoms with Crippen LogP contribution in [0.5, 0.6) is 0 Å². The van der Waals surface area contributed by atoms with E-state index in [0.29, 0.717) is 13.2 Å². The van der Waals surface area contributed by atoms with Crippen LogP contribution in [-0.2, 0) is 17.1 Å². The predicted octanol–water partition coefficient (Wildman–Crippen LogP) is 3.66. The topological polar surface area (TPSA) is 47.0 Å². The molecule has 2 aromatic rings. The largest absolute Gasteiger partial charge is 0.374 e. The molecule has 0 atom stereocenters. The average molecular weight is 303 g/mol. The molecule has 0 saturated carbocycles. The lowest BCUT2D eigenvalue weighted by Crippen LogP contribution is -2.03. The number of benzene rings is 1. The van der Waals surface area contributed by atoms with Gasteiger partial charge in [-0.2, -0.15) is 0 Å². The van der Waals surface area contributed by atoms with Gasteiger partial charge in [0.25, 0.3) is 0 Å². The van der Waals surface area contributed by atoms with Crippen LogP contribution in [0.4, 0.5) is 5.82 Å². The van der Waals surface area contributed by atoms with Gasteiger partial charge in [0.2, 0.25) is 0 Å². The molecule has 0 aliphatic carbocycles. The number of thioether (sulfide) groups is 1. The van der Waals surface area contributed by atoms with Gasteiger partial charge in [0.1, 0.15) is 17.5 Å². The third-order valence-electron chi connectivity index (χ3n) is 2.91. The Bertz CT molecular complexity index is 589. The second kappa shape index (κ2) is 8.00. The molecule has 1 N–H and O–H groups in total. The summed E-state index contributed by atoms with van der Waals surface area (Å²) in [5.41, 5.74) is 2.58. The Morgan fingerprint density at radius 2 is 2.10 bits per heavy atom.